The number of nitrogens with two attached hydrogens (primary N) is 1. The number of benzene rings is 1. The normalized spacial score (nSPS) is 10.3. The lowest BCUT2D eigenvalue weighted by molar-refractivity contribution is 0.283. The van der Waals surface area contributed by atoms with Crippen LogP contribution in [0.2, 0.25) is 0 Å². The predicted octanol–water partition coefficient (Wildman–Crippen LogP) is 2.45. The van der Waals surface area contributed by atoms with E-state index in [1.54, 1.807) is 18.2 Å². The summed E-state index contributed by atoms with van der Waals surface area (Å²) in [6.45, 7) is 3.69. The number of hydrogen-bond donors (Lipinski definition) is 1. The summed E-state index contributed by atoms with van der Waals surface area (Å²) in [6, 6.07) is 6.38. The van der Waals surface area contributed by atoms with Gasteiger partial charge < -0.3 is 10.5 Å². The summed E-state index contributed by atoms with van der Waals surface area (Å²) in [4.78, 5) is 0.184. The van der Waals surface area contributed by atoms with E-state index in [1.165, 1.54) is 6.07 Å². The van der Waals surface area contributed by atoms with Crippen LogP contribution in [-0.2, 0) is 6.61 Å². The van der Waals surface area contributed by atoms with Gasteiger partial charge in [-0.25, -0.2) is 4.39 Å². The van der Waals surface area contributed by atoms with Crippen LogP contribution >= 0.6 is 12.2 Å². The molecule has 0 aliphatic heterocycles. The van der Waals surface area contributed by atoms with Crippen molar-refractivity contribution in [3.05, 3.63) is 52.5 Å². The number of thiocarbonyl (C=S) groups is 1. The molecule has 2 N–H and O–H groups in total. The molecule has 0 atom stereocenters. The Labute approximate surface area is 121 Å². The van der Waals surface area contributed by atoms with Gasteiger partial charge in [-0.1, -0.05) is 30.4 Å². The van der Waals surface area contributed by atoms with Gasteiger partial charge in [-0.2, -0.15) is 5.10 Å². The molecule has 1 heterocycles. The Hall–Kier alpha value is -2.08. The molecule has 0 aliphatic rings. The highest BCUT2D eigenvalue weighted by atomic mass is 32.1. The Morgan fingerprint density at radius 3 is 2.65 bits per heavy atom. The molecule has 0 radical (unpaired) electrons. The first-order chi connectivity index (χ1) is 9.50. The number of aryl methyl sites for hydroxylation is 1. The second-order valence-electron chi connectivity index (χ2n) is 4.33. The minimum atomic E-state index is -0.332. The van der Waals surface area contributed by atoms with Gasteiger partial charge in [-0.3, -0.25) is 0 Å². The lowest BCUT2D eigenvalue weighted by atomic mass is 10.1. The molecule has 1 aromatic heterocycles. The standard InChI is InChI=1S/C14H14FN3OS/c1-8-9(2)17-18-14(12(8)13(16)20)19-7-10-5-3-4-6-11(10)15/h3-6H,7H2,1-2H3,(H2,16,20). The molecule has 0 saturated heterocycles. The second-order valence-corrected chi connectivity index (χ2v) is 4.77. The molecule has 2 rings (SSSR count). The first kappa shape index (κ1) is 14.3. The van der Waals surface area contributed by atoms with Gasteiger partial charge in [0, 0.05) is 5.56 Å². The molecule has 1 aromatic carbocycles. The number of hydrogen-bond acceptors (Lipinski definition) is 4. The van der Waals surface area contributed by atoms with Gasteiger partial charge in [-0.15, -0.1) is 5.10 Å². The zero-order valence-corrected chi connectivity index (χ0v) is 12.0. The second kappa shape index (κ2) is 5.92. The fourth-order valence-electron chi connectivity index (χ4n) is 1.74. The number of rotatable bonds is 4. The van der Waals surface area contributed by atoms with Crippen molar-refractivity contribution in [3.8, 4) is 5.88 Å². The van der Waals surface area contributed by atoms with E-state index in [1.807, 2.05) is 13.8 Å². The lowest BCUT2D eigenvalue weighted by Crippen LogP contribution is -2.16. The van der Waals surface area contributed by atoms with Gasteiger partial charge in [0.05, 0.1) is 11.3 Å². The quantitative estimate of drug-likeness (QED) is 0.877. The van der Waals surface area contributed by atoms with Crippen LogP contribution in [0.15, 0.2) is 24.3 Å². The maximum Gasteiger partial charge on any atom is 0.244 e. The van der Waals surface area contributed by atoms with Crippen molar-refractivity contribution in [1.82, 2.24) is 10.2 Å². The van der Waals surface area contributed by atoms with Crippen molar-refractivity contribution in [2.75, 3.05) is 0 Å². The smallest absolute Gasteiger partial charge is 0.244 e. The topological polar surface area (TPSA) is 61.0 Å². The van der Waals surface area contributed by atoms with Gasteiger partial charge in [0.1, 0.15) is 17.4 Å². The number of halogens is 1. The molecule has 6 heteroatoms. The zero-order chi connectivity index (χ0) is 14.7. The third-order valence-corrected chi connectivity index (χ3v) is 3.20. The lowest BCUT2D eigenvalue weighted by Gasteiger charge is -2.12. The average molecular weight is 291 g/mol. The molecule has 0 saturated carbocycles. The molecule has 20 heavy (non-hydrogen) atoms. The summed E-state index contributed by atoms with van der Waals surface area (Å²) in [5.41, 5.74) is 8.21. The van der Waals surface area contributed by atoms with Crippen molar-refractivity contribution in [1.29, 1.82) is 0 Å². The highest BCUT2D eigenvalue weighted by Gasteiger charge is 2.15. The van der Waals surface area contributed by atoms with Crippen LogP contribution in [0.5, 0.6) is 5.88 Å². The fraction of sp³-hybridized carbons (Fsp3) is 0.214. The summed E-state index contributed by atoms with van der Waals surface area (Å²) in [7, 11) is 0. The fourth-order valence-corrected chi connectivity index (χ4v) is 1.98. The predicted molar refractivity (Wildman–Crippen MR) is 78.1 cm³/mol. The molecule has 0 spiro atoms. The van der Waals surface area contributed by atoms with Gasteiger partial charge in [0.15, 0.2) is 0 Å². The maximum atomic E-state index is 13.5. The van der Waals surface area contributed by atoms with Crippen molar-refractivity contribution >= 4 is 17.2 Å². The molecule has 2 aromatic rings. The van der Waals surface area contributed by atoms with E-state index in [9.17, 15) is 4.39 Å². The van der Waals surface area contributed by atoms with E-state index in [4.69, 9.17) is 22.7 Å². The first-order valence-corrected chi connectivity index (χ1v) is 6.41. The molecule has 0 unspecified atom stereocenters. The molecular formula is C14H14FN3OS. The number of nitrogens with zero attached hydrogens (tertiary/aromatic N) is 2. The van der Waals surface area contributed by atoms with Gasteiger partial charge >= 0.3 is 0 Å². The molecule has 0 bridgehead atoms. The van der Waals surface area contributed by atoms with E-state index < -0.39 is 0 Å². The monoisotopic (exact) mass is 291 g/mol. The van der Waals surface area contributed by atoms with Crippen molar-refractivity contribution in [2.45, 2.75) is 20.5 Å². The van der Waals surface area contributed by atoms with Crippen LogP contribution in [0.1, 0.15) is 22.4 Å². The summed E-state index contributed by atoms with van der Waals surface area (Å²) < 4.78 is 19.0. The van der Waals surface area contributed by atoms with E-state index in [-0.39, 0.29) is 23.3 Å². The Bertz CT molecular complexity index is 661. The third-order valence-electron chi connectivity index (χ3n) is 2.99. The largest absolute Gasteiger partial charge is 0.471 e. The SMILES string of the molecule is Cc1nnc(OCc2ccccc2F)c(C(N)=S)c1C. The van der Waals surface area contributed by atoms with E-state index in [0.717, 1.165) is 11.3 Å². The Morgan fingerprint density at radius 1 is 1.30 bits per heavy atom. The minimum Gasteiger partial charge on any atom is -0.471 e. The summed E-state index contributed by atoms with van der Waals surface area (Å²) in [5, 5.41) is 7.92. The van der Waals surface area contributed by atoms with Crippen LogP contribution in [-0.4, -0.2) is 15.2 Å². The summed E-state index contributed by atoms with van der Waals surface area (Å²) in [6.07, 6.45) is 0. The number of ether oxygens (including phenoxy) is 1. The van der Waals surface area contributed by atoms with Crippen LogP contribution < -0.4 is 10.5 Å². The third kappa shape index (κ3) is 2.91. The van der Waals surface area contributed by atoms with E-state index >= 15 is 0 Å². The molecule has 4 nitrogen and oxygen atoms in total. The van der Waals surface area contributed by atoms with Crippen molar-refractivity contribution in [3.63, 3.8) is 0 Å². The van der Waals surface area contributed by atoms with E-state index in [0.29, 0.717) is 11.1 Å². The molecular weight excluding hydrogens is 277 g/mol. The van der Waals surface area contributed by atoms with E-state index in [2.05, 4.69) is 10.2 Å². The molecule has 0 aliphatic carbocycles. The van der Waals surface area contributed by atoms with Crippen molar-refractivity contribution < 1.29 is 9.13 Å². The summed E-state index contributed by atoms with van der Waals surface area (Å²) >= 11 is 5.01. The van der Waals surface area contributed by atoms with Crippen LogP contribution in [0.3, 0.4) is 0 Å². The minimum absolute atomic E-state index is 0.0411. The van der Waals surface area contributed by atoms with Crippen LogP contribution in [0.4, 0.5) is 4.39 Å². The first-order valence-electron chi connectivity index (χ1n) is 6.00. The van der Waals surface area contributed by atoms with Crippen LogP contribution in [0, 0.1) is 19.7 Å². The molecule has 0 fully saturated rings. The molecule has 104 valence electrons. The van der Waals surface area contributed by atoms with Crippen LogP contribution in [0.25, 0.3) is 0 Å². The Morgan fingerprint density at radius 2 is 2.00 bits per heavy atom. The number of aromatic nitrogens is 2. The van der Waals surface area contributed by atoms with Gasteiger partial charge in [-0.05, 0) is 25.5 Å². The Kier molecular flexibility index (Phi) is 4.24. The average Bonchev–Trinajstić information content (AvgIpc) is 2.41. The van der Waals surface area contributed by atoms with Gasteiger partial charge in [0.25, 0.3) is 0 Å². The Balaban J connectivity index is 2.29. The van der Waals surface area contributed by atoms with Gasteiger partial charge in [0.2, 0.25) is 5.88 Å². The molecule has 0 amide bonds. The highest BCUT2D eigenvalue weighted by molar-refractivity contribution is 7.80. The zero-order valence-electron chi connectivity index (χ0n) is 11.2. The van der Waals surface area contributed by atoms with Crippen molar-refractivity contribution in [2.24, 2.45) is 5.73 Å². The highest BCUT2D eigenvalue weighted by Crippen LogP contribution is 2.21. The maximum absolute atomic E-state index is 13.5. The summed E-state index contributed by atoms with van der Waals surface area (Å²) in [5.74, 6) is -0.106.